The van der Waals surface area contributed by atoms with Gasteiger partial charge in [-0.2, -0.15) is 8.61 Å². The molecule has 12 nitrogen and oxygen atoms in total. The van der Waals surface area contributed by atoms with E-state index in [4.69, 9.17) is 9.47 Å². The molecule has 2 aliphatic rings. The van der Waals surface area contributed by atoms with Gasteiger partial charge in [0.05, 0.1) is 36.2 Å². The number of ether oxygens (including phenoxy) is 2. The van der Waals surface area contributed by atoms with Crippen molar-refractivity contribution in [2.45, 2.75) is 29.1 Å². The summed E-state index contributed by atoms with van der Waals surface area (Å²) in [6.07, 6.45) is 0.487. The smallest absolute Gasteiger partial charge is 0.243 e. The maximum atomic E-state index is 12.7. The summed E-state index contributed by atoms with van der Waals surface area (Å²) in [5.74, 6) is -0.603. The Kier molecular flexibility index (Phi) is 9.69. The van der Waals surface area contributed by atoms with E-state index in [1.54, 1.807) is 0 Å². The number of carbonyl (C=O) groups excluding carboxylic acids is 2. The van der Waals surface area contributed by atoms with Crippen LogP contribution in [0.15, 0.2) is 58.3 Å². The first-order valence-electron chi connectivity index (χ1n) is 12.6. The Hall–Kier alpha value is -2.88. The molecule has 2 fully saturated rings. The monoisotopic (exact) mass is 580 g/mol. The van der Waals surface area contributed by atoms with Gasteiger partial charge in [-0.05, 0) is 55.0 Å². The number of nitrogens with one attached hydrogen (secondary N) is 2. The average molecular weight is 581 g/mol. The van der Waals surface area contributed by atoms with Crippen LogP contribution >= 0.6 is 0 Å². The van der Waals surface area contributed by atoms with Crippen LogP contribution in [0.25, 0.3) is 0 Å². The fourth-order valence-electron chi connectivity index (χ4n) is 4.15. The Morgan fingerprint density at radius 3 is 1.28 bits per heavy atom. The highest BCUT2D eigenvalue weighted by Gasteiger charge is 2.27. The van der Waals surface area contributed by atoms with E-state index in [1.807, 2.05) is 0 Å². The molecule has 0 saturated carbocycles. The summed E-state index contributed by atoms with van der Waals surface area (Å²) in [5.41, 5.74) is 0.912. The maximum absolute atomic E-state index is 12.7. The van der Waals surface area contributed by atoms with Crippen molar-refractivity contribution in [2.24, 2.45) is 0 Å². The van der Waals surface area contributed by atoms with Crippen LogP contribution in [0, 0.1) is 0 Å². The van der Waals surface area contributed by atoms with Gasteiger partial charge in [0.1, 0.15) is 0 Å². The molecule has 2 aliphatic heterocycles. The fourth-order valence-corrected chi connectivity index (χ4v) is 6.96. The number of anilines is 2. The number of benzene rings is 2. The van der Waals surface area contributed by atoms with Crippen LogP contribution in [0.2, 0.25) is 0 Å². The predicted octanol–water partition coefficient (Wildman–Crippen LogP) is 1.48. The lowest BCUT2D eigenvalue weighted by molar-refractivity contribution is -0.117. The number of hydrogen-bond donors (Lipinski definition) is 2. The molecule has 0 radical (unpaired) electrons. The number of morpholine rings is 2. The fraction of sp³-hybridized carbons (Fsp3) is 0.440. The molecule has 0 atom stereocenters. The summed E-state index contributed by atoms with van der Waals surface area (Å²) in [7, 11) is -7.22. The van der Waals surface area contributed by atoms with Crippen LogP contribution in [0.1, 0.15) is 19.3 Å². The predicted molar refractivity (Wildman–Crippen MR) is 143 cm³/mol. The van der Waals surface area contributed by atoms with Gasteiger partial charge in [0, 0.05) is 50.4 Å². The lowest BCUT2D eigenvalue weighted by Gasteiger charge is -2.26. The first kappa shape index (κ1) is 29.1. The highest BCUT2D eigenvalue weighted by Crippen LogP contribution is 2.21. The Balaban J connectivity index is 1.20. The SMILES string of the molecule is O=C(CCCC(=O)Nc1ccc(S(=O)(=O)N2CCOCC2)cc1)Nc1ccc(S(=O)(=O)N2CCOCC2)cc1. The molecule has 4 rings (SSSR count). The largest absolute Gasteiger partial charge is 0.379 e. The van der Waals surface area contributed by atoms with Crippen LogP contribution in [0.4, 0.5) is 11.4 Å². The van der Waals surface area contributed by atoms with E-state index < -0.39 is 20.0 Å². The zero-order chi connectivity index (χ0) is 27.9. The zero-order valence-electron chi connectivity index (χ0n) is 21.4. The summed E-state index contributed by atoms with van der Waals surface area (Å²) in [6.45, 7) is 2.64. The molecular formula is C25H32N4O8S2. The number of amides is 2. The van der Waals surface area contributed by atoms with Gasteiger partial charge < -0.3 is 20.1 Å². The van der Waals surface area contributed by atoms with Gasteiger partial charge in [-0.25, -0.2) is 16.8 Å². The molecule has 39 heavy (non-hydrogen) atoms. The van der Waals surface area contributed by atoms with Crippen molar-refractivity contribution in [2.75, 3.05) is 63.2 Å². The minimum Gasteiger partial charge on any atom is -0.379 e. The lowest BCUT2D eigenvalue weighted by Crippen LogP contribution is -2.40. The molecule has 0 aromatic heterocycles. The number of sulfonamides is 2. The Morgan fingerprint density at radius 1 is 0.615 bits per heavy atom. The highest BCUT2D eigenvalue weighted by atomic mass is 32.2. The molecule has 2 aromatic rings. The lowest BCUT2D eigenvalue weighted by atomic mass is 10.2. The van der Waals surface area contributed by atoms with Gasteiger partial charge >= 0.3 is 0 Å². The molecule has 0 aliphatic carbocycles. The van der Waals surface area contributed by atoms with Crippen molar-refractivity contribution in [1.29, 1.82) is 0 Å². The second-order valence-electron chi connectivity index (χ2n) is 9.03. The first-order valence-corrected chi connectivity index (χ1v) is 15.5. The number of carbonyl (C=O) groups is 2. The van der Waals surface area contributed by atoms with Gasteiger partial charge in [0.15, 0.2) is 0 Å². The first-order chi connectivity index (χ1) is 18.7. The van der Waals surface area contributed by atoms with Crippen molar-refractivity contribution < 1.29 is 35.9 Å². The van der Waals surface area contributed by atoms with E-state index in [2.05, 4.69) is 10.6 Å². The van der Waals surface area contributed by atoms with Gasteiger partial charge in [-0.15, -0.1) is 0 Å². The van der Waals surface area contributed by atoms with Crippen molar-refractivity contribution in [3.63, 3.8) is 0 Å². The van der Waals surface area contributed by atoms with Crippen molar-refractivity contribution in [3.8, 4) is 0 Å². The van der Waals surface area contributed by atoms with Crippen molar-refractivity contribution >= 4 is 43.2 Å². The van der Waals surface area contributed by atoms with Gasteiger partial charge in [-0.1, -0.05) is 0 Å². The molecule has 0 unspecified atom stereocenters. The van der Waals surface area contributed by atoms with E-state index in [0.717, 1.165) is 0 Å². The van der Waals surface area contributed by atoms with Gasteiger partial charge in [0.25, 0.3) is 0 Å². The third-order valence-electron chi connectivity index (χ3n) is 6.30. The molecule has 2 heterocycles. The molecule has 2 aromatic carbocycles. The Labute approximate surface area is 228 Å². The number of rotatable bonds is 10. The van der Waals surface area contributed by atoms with Crippen LogP contribution in [-0.2, 0) is 39.1 Å². The third-order valence-corrected chi connectivity index (χ3v) is 10.1. The van der Waals surface area contributed by atoms with Crippen LogP contribution < -0.4 is 10.6 Å². The Bertz CT molecular complexity index is 1250. The van der Waals surface area contributed by atoms with Gasteiger partial charge in [-0.3, -0.25) is 9.59 Å². The van der Waals surface area contributed by atoms with E-state index >= 15 is 0 Å². The van der Waals surface area contributed by atoms with Gasteiger partial charge in [0.2, 0.25) is 31.9 Å². The standard InChI is InChI=1S/C25H32N4O8S2/c30-24(26-20-4-8-22(9-5-20)38(32,33)28-12-16-36-17-13-28)2-1-3-25(31)27-21-6-10-23(11-7-21)39(34,35)29-14-18-37-19-15-29/h4-11H,1-3,12-19H2,(H,26,30)(H,27,31). The minimum atomic E-state index is -3.61. The van der Waals surface area contributed by atoms with E-state index in [0.29, 0.717) is 70.4 Å². The van der Waals surface area contributed by atoms with E-state index in [-0.39, 0.29) is 34.4 Å². The van der Waals surface area contributed by atoms with E-state index in [9.17, 15) is 26.4 Å². The summed E-state index contributed by atoms with van der Waals surface area (Å²) < 4.78 is 63.9. The molecule has 2 amide bonds. The molecule has 212 valence electrons. The molecule has 14 heteroatoms. The third kappa shape index (κ3) is 7.62. The topological polar surface area (TPSA) is 151 Å². The normalized spacial score (nSPS) is 17.4. The minimum absolute atomic E-state index is 0.0952. The summed E-state index contributed by atoms with van der Waals surface area (Å²) in [6, 6.07) is 11.9. The second-order valence-corrected chi connectivity index (χ2v) is 12.9. The van der Waals surface area contributed by atoms with Crippen LogP contribution in [-0.4, -0.2) is 89.9 Å². The summed E-state index contributed by atoms with van der Waals surface area (Å²) >= 11 is 0. The number of nitrogens with zero attached hydrogens (tertiary/aromatic N) is 2. The highest BCUT2D eigenvalue weighted by molar-refractivity contribution is 7.89. The van der Waals surface area contributed by atoms with Crippen LogP contribution in [0.3, 0.4) is 0 Å². The summed E-state index contributed by atoms with van der Waals surface area (Å²) in [4.78, 5) is 24.9. The Morgan fingerprint density at radius 2 is 0.949 bits per heavy atom. The number of hydrogen-bond acceptors (Lipinski definition) is 8. The molecule has 2 saturated heterocycles. The molecular weight excluding hydrogens is 548 g/mol. The average Bonchev–Trinajstić information content (AvgIpc) is 2.94. The maximum Gasteiger partial charge on any atom is 0.243 e. The van der Waals surface area contributed by atoms with Crippen molar-refractivity contribution in [3.05, 3.63) is 48.5 Å². The van der Waals surface area contributed by atoms with Crippen LogP contribution in [0.5, 0.6) is 0 Å². The van der Waals surface area contributed by atoms with Crippen molar-refractivity contribution in [1.82, 2.24) is 8.61 Å². The second kappa shape index (κ2) is 13.0. The van der Waals surface area contributed by atoms with E-state index in [1.165, 1.54) is 57.1 Å². The zero-order valence-corrected chi connectivity index (χ0v) is 23.0. The quantitative estimate of drug-likeness (QED) is 0.429. The molecule has 0 bridgehead atoms. The summed E-state index contributed by atoms with van der Waals surface area (Å²) in [5, 5.41) is 5.41. The molecule has 2 N–H and O–H groups in total. The molecule has 0 spiro atoms.